The summed E-state index contributed by atoms with van der Waals surface area (Å²) in [6.07, 6.45) is -1.64. The van der Waals surface area contributed by atoms with E-state index in [2.05, 4.69) is 10.0 Å². The minimum atomic E-state index is -3.01. The highest BCUT2D eigenvalue weighted by Crippen LogP contribution is 2.37. The summed E-state index contributed by atoms with van der Waals surface area (Å²) in [7, 11) is 0. The van der Waals surface area contributed by atoms with Crippen LogP contribution in [-0.2, 0) is 4.79 Å². The zero-order chi connectivity index (χ0) is 12.3. The molecule has 2 unspecified atom stereocenters. The second kappa shape index (κ2) is 4.23. The van der Waals surface area contributed by atoms with Crippen LogP contribution in [0.5, 0.6) is 0 Å². The minimum Gasteiger partial charge on any atom is -0.477 e. The molecule has 0 radical (unpaired) electrons. The summed E-state index contributed by atoms with van der Waals surface area (Å²) >= 11 is 0. The molecular weight excluding hydrogens is 223 g/mol. The number of hydrogen-bond acceptors (Lipinski definition) is 3. The van der Waals surface area contributed by atoms with Crippen LogP contribution in [0.4, 0.5) is 9.18 Å². The molecule has 9 heteroatoms. The van der Waals surface area contributed by atoms with Crippen molar-refractivity contribution in [2.24, 2.45) is 11.0 Å². The van der Waals surface area contributed by atoms with E-state index in [1.165, 1.54) is 0 Å². The van der Waals surface area contributed by atoms with Crippen molar-refractivity contribution in [1.29, 1.82) is 0 Å². The Kier molecular flexibility index (Phi) is 3.19. The topological polar surface area (TPSA) is 127 Å². The molecule has 1 amide bonds. The van der Waals surface area contributed by atoms with Crippen LogP contribution in [-0.4, -0.2) is 46.1 Å². The predicted molar refractivity (Wildman–Crippen MR) is 48.3 cm³/mol. The average Bonchev–Trinajstić information content (AvgIpc) is 2.54. The van der Waals surface area contributed by atoms with Crippen LogP contribution in [0.2, 0.25) is 0 Å². The van der Waals surface area contributed by atoms with Crippen molar-refractivity contribution in [2.45, 2.75) is 12.2 Å². The fourth-order valence-electron chi connectivity index (χ4n) is 1.73. The number of nitrogens with zero attached hydrogens (tertiary/aromatic N) is 4. The summed E-state index contributed by atoms with van der Waals surface area (Å²) in [4.78, 5) is 24.1. The smallest absolute Gasteiger partial charge is 0.410 e. The summed E-state index contributed by atoms with van der Waals surface area (Å²) in [5.74, 6) is -6.05. The third kappa shape index (κ3) is 1.72. The highest BCUT2D eigenvalue weighted by atomic mass is 19.1. The number of hydrogen-bond donors (Lipinski definition) is 2. The van der Waals surface area contributed by atoms with E-state index in [0.717, 1.165) is 0 Å². The van der Waals surface area contributed by atoms with Gasteiger partial charge in [0.2, 0.25) is 0 Å². The van der Waals surface area contributed by atoms with Gasteiger partial charge in [0.15, 0.2) is 0 Å². The Labute approximate surface area is 88.9 Å². The monoisotopic (exact) mass is 232 g/mol. The first-order valence-corrected chi connectivity index (χ1v) is 4.38. The molecule has 0 aromatic rings. The van der Waals surface area contributed by atoms with Gasteiger partial charge in [0.25, 0.3) is 5.79 Å². The fourth-order valence-corrected chi connectivity index (χ4v) is 1.73. The number of carboxylic acid groups (broad SMARTS) is 2. The lowest BCUT2D eigenvalue weighted by atomic mass is 9.98. The van der Waals surface area contributed by atoms with E-state index < -0.39 is 23.8 Å². The molecule has 2 N–H and O–H groups in total. The van der Waals surface area contributed by atoms with Gasteiger partial charge in [-0.15, -0.1) is 0 Å². The van der Waals surface area contributed by atoms with Crippen LogP contribution < -0.4 is 0 Å². The van der Waals surface area contributed by atoms with Crippen molar-refractivity contribution in [3.8, 4) is 0 Å². The average molecular weight is 232 g/mol. The Bertz CT molecular complexity index is 369. The molecule has 2 atom stereocenters. The van der Waals surface area contributed by atoms with E-state index in [-0.39, 0.29) is 24.4 Å². The van der Waals surface area contributed by atoms with Crippen molar-refractivity contribution in [3.05, 3.63) is 10.4 Å². The molecule has 1 aliphatic heterocycles. The number of carboxylic acids is 1. The van der Waals surface area contributed by atoms with Gasteiger partial charge in [-0.05, 0) is 12.0 Å². The molecule has 0 aromatic heterocycles. The largest absolute Gasteiger partial charge is 0.477 e. The van der Waals surface area contributed by atoms with E-state index in [4.69, 9.17) is 15.7 Å². The Morgan fingerprint density at radius 3 is 2.69 bits per heavy atom. The summed E-state index contributed by atoms with van der Waals surface area (Å²) < 4.78 is 14.1. The maximum absolute atomic E-state index is 14.1. The van der Waals surface area contributed by atoms with Crippen LogP contribution in [0.15, 0.2) is 5.11 Å². The Hall–Kier alpha value is -2.02. The maximum atomic E-state index is 14.1. The summed E-state index contributed by atoms with van der Waals surface area (Å²) in [5, 5.41) is 20.5. The Balaban J connectivity index is 3.01. The molecule has 1 heterocycles. The molecular formula is C7H9FN4O4. The number of carbonyl (C=O) groups is 2. The summed E-state index contributed by atoms with van der Waals surface area (Å²) in [6, 6.07) is 0. The number of alkyl halides is 1. The molecule has 0 bridgehead atoms. The first-order valence-electron chi connectivity index (χ1n) is 4.38. The van der Waals surface area contributed by atoms with Crippen molar-refractivity contribution >= 4 is 12.1 Å². The molecule has 1 rings (SSSR count). The van der Waals surface area contributed by atoms with Crippen LogP contribution in [0.3, 0.4) is 0 Å². The summed E-state index contributed by atoms with van der Waals surface area (Å²) in [6.45, 7) is -0.618. The third-order valence-electron chi connectivity index (χ3n) is 2.53. The fraction of sp³-hybridized carbons (Fsp3) is 0.714. The van der Waals surface area contributed by atoms with Gasteiger partial charge >= 0.3 is 12.1 Å². The van der Waals surface area contributed by atoms with Gasteiger partial charge in [0.1, 0.15) is 0 Å². The zero-order valence-electron chi connectivity index (χ0n) is 8.08. The molecule has 0 aromatic carbocycles. The van der Waals surface area contributed by atoms with Gasteiger partial charge in [0, 0.05) is 23.9 Å². The highest BCUT2D eigenvalue weighted by molar-refractivity contribution is 5.83. The zero-order valence-corrected chi connectivity index (χ0v) is 8.08. The van der Waals surface area contributed by atoms with Crippen molar-refractivity contribution < 1.29 is 24.2 Å². The third-order valence-corrected chi connectivity index (χ3v) is 2.53. The van der Waals surface area contributed by atoms with Crippen LogP contribution >= 0.6 is 0 Å². The number of amides is 1. The Morgan fingerprint density at radius 2 is 2.25 bits per heavy atom. The standard InChI is InChI=1S/C7H9FN4O4/c8-7(5(13)14)4(3-10-11-9)1-2-12(7)6(15)16/h4H,1-3H2,(H,13,14)(H,15,16). The summed E-state index contributed by atoms with van der Waals surface area (Å²) in [5.41, 5.74) is 8.07. The van der Waals surface area contributed by atoms with Gasteiger partial charge < -0.3 is 10.2 Å². The molecule has 1 aliphatic rings. The Morgan fingerprint density at radius 1 is 1.62 bits per heavy atom. The number of likely N-dealkylation sites (tertiary alicyclic amines) is 1. The van der Waals surface area contributed by atoms with Gasteiger partial charge in [-0.3, -0.25) is 4.90 Å². The quantitative estimate of drug-likeness (QED) is 0.326. The molecule has 8 nitrogen and oxygen atoms in total. The van der Waals surface area contributed by atoms with E-state index in [0.29, 0.717) is 0 Å². The number of aliphatic carboxylic acids is 1. The number of halogens is 1. The first kappa shape index (κ1) is 12.1. The molecule has 1 fully saturated rings. The minimum absolute atomic E-state index is 0.00806. The molecule has 88 valence electrons. The predicted octanol–water partition coefficient (Wildman–Crippen LogP) is 1.05. The normalized spacial score (nSPS) is 28.6. The number of azide groups is 1. The van der Waals surface area contributed by atoms with Crippen molar-refractivity contribution in [3.63, 3.8) is 0 Å². The van der Waals surface area contributed by atoms with Gasteiger partial charge in [0.05, 0.1) is 0 Å². The van der Waals surface area contributed by atoms with Gasteiger partial charge in [-0.2, -0.15) is 0 Å². The molecule has 0 saturated carbocycles. The van der Waals surface area contributed by atoms with E-state index >= 15 is 0 Å². The SMILES string of the molecule is [N-]=[N+]=NCC1CCN(C(=O)O)C1(F)C(=O)O. The highest BCUT2D eigenvalue weighted by Gasteiger charge is 2.57. The molecule has 16 heavy (non-hydrogen) atoms. The van der Waals surface area contributed by atoms with Gasteiger partial charge in [-0.1, -0.05) is 5.11 Å². The van der Waals surface area contributed by atoms with Crippen molar-refractivity contribution in [1.82, 2.24) is 4.90 Å². The second-order valence-corrected chi connectivity index (χ2v) is 3.31. The van der Waals surface area contributed by atoms with E-state index in [1.807, 2.05) is 0 Å². The van der Waals surface area contributed by atoms with Gasteiger partial charge in [-0.25, -0.2) is 14.0 Å². The molecule has 0 aliphatic carbocycles. The van der Waals surface area contributed by atoms with Crippen LogP contribution in [0.1, 0.15) is 6.42 Å². The lowest BCUT2D eigenvalue weighted by Gasteiger charge is -2.28. The van der Waals surface area contributed by atoms with Crippen LogP contribution in [0, 0.1) is 5.92 Å². The molecule has 1 saturated heterocycles. The molecule has 0 spiro atoms. The lowest BCUT2D eigenvalue weighted by Crippen LogP contribution is -2.53. The maximum Gasteiger partial charge on any atom is 0.410 e. The van der Waals surface area contributed by atoms with Crippen LogP contribution in [0.25, 0.3) is 10.4 Å². The number of rotatable bonds is 3. The lowest BCUT2D eigenvalue weighted by molar-refractivity contribution is -0.164. The first-order chi connectivity index (χ1) is 7.44. The van der Waals surface area contributed by atoms with E-state index in [1.54, 1.807) is 0 Å². The second-order valence-electron chi connectivity index (χ2n) is 3.31. The van der Waals surface area contributed by atoms with Crippen molar-refractivity contribution in [2.75, 3.05) is 13.1 Å². The van der Waals surface area contributed by atoms with E-state index in [9.17, 15) is 14.0 Å².